The van der Waals surface area contributed by atoms with Crippen LogP contribution in [0.25, 0.3) is 0 Å². The number of carbonyl (C=O) groups excluding carboxylic acids is 1. The van der Waals surface area contributed by atoms with Crippen molar-refractivity contribution in [1.82, 2.24) is 0 Å². The number of ether oxygens (including phenoxy) is 1. The van der Waals surface area contributed by atoms with Crippen LogP contribution in [-0.2, 0) is 9.53 Å². The molecule has 0 amide bonds. The molecular weight excluding hydrogens is 368 g/mol. The number of hydrogen-bond donors (Lipinski definition) is 0. The van der Waals surface area contributed by atoms with Gasteiger partial charge < -0.3 is 9.90 Å². The first-order valence-corrected chi connectivity index (χ1v) is 3.90. The van der Waals surface area contributed by atoms with Crippen molar-refractivity contribution in [3.63, 3.8) is 0 Å². The number of carboxylic acid groups (broad SMARTS) is 1. The molecule has 0 saturated carbocycles. The molecule has 0 aromatic carbocycles. The number of carbonyl (C=O) groups is 1. The number of halogens is 11. The Hall–Kier alpha value is 0.296. The fourth-order valence-electron chi connectivity index (χ4n) is 0.573. The number of carboxylic acids is 1. The average Bonchev–Trinajstić information content (AvgIpc) is 2.12. The molecule has 0 aliphatic heterocycles. The van der Waals surface area contributed by atoms with Crippen LogP contribution >= 0.6 is 0 Å². The van der Waals surface area contributed by atoms with Crippen LogP contribution in [0.4, 0.5) is 48.3 Å². The summed E-state index contributed by atoms with van der Waals surface area (Å²) >= 11 is 0. The predicted molar refractivity (Wildman–Crippen MR) is 31.9 cm³/mol. The Labute approximate surface area is 149 Å². The van der Waals surface area contributed by atoms with E-state index in [1.807, 2.05) is 0 Å². The van der Waals surface area contributed by atoms with E-state index in [4.69, 9.17) is 0 Å². The molecule has 0 atom stereocenters. The minimum absolute atomic E-state index is 0. The summed E-state index contributed by atoms with van der Waals surface area (Å²) < 4.78 is 133. The van der Waals surface area contributed by atoms with E-state index in [1.54, 1.807) is 0 Å². The Morgan fingerprint density at radius 1 is 0.762 bits per heavy atom. The molecule has 0 aromatic rings. The van der Waals surface area contributed by atoms with Gasteiger partial charge in [-0.3, -0.25) is 0 Å². The Kier molecular flexibility index (Phi) is 7.21. The summed E-state index contributed by atoms with van der Waals surface area (Å²) in [5.41, 5.74) is 0. The largest absolute Gasteiger partial charge is 1.00 e. The van der Waals surface area contributed by atoms with Gasteiger partial charge in [0, 0.05) is 0 Å². The quantitative estimate of drug-likeness (QED) is 0.452. The summed E-state index contributed by atoms with van der Waals surface area (Å²) in [6.07, 6.45) is -21.2. The number of hydrogen-bond acceptors (Lipinski definition) is 3. The average molecular weight is 368 g/mol. The van der Waals surface area contributed by atoms with Crippen molar-refractivity contribution in [2.45, 2.75) is 30.2 Å². The second-order valence-corrected chi connectivity index (χ2v) is 3.07. The van der Waals surface area contributed by atoms with Crippen molar-refractivity contribution in [3.05, 3.63) is 0 Å². The van der Waals surface area contributed by atoms with Gasteiger partial charge >= 0.3 is 81.6 Å². The third kappa shape index (κ3) is 4.40. The van der Waals surface area contributed by atoms with Crippen molar-refractivity contribution in [3.8, 4) is 0 Å². The molecule has 0 N–H and O–H groups in total. The van der Waals surface area contributed by atoms with Crippen LogP contribution in [-0.4, -0.2) is 36.2 Å². The molecule has 15 heteroatoms. The second kappa shape index (κ2) is 6.42. The monoisotopic (exact) mass is 368 g/mol. The Morgan fingerprint density at radius 3 is 1.33 bits per heavy atom. The second-order valence-electron chi connectivity index (χ2n) is 3.07. The van der Waals surface area contributed by atoms with Crippen LogP contribution in [0.5, 0.6) is 0 Å². The van der Waals surface area contributed by atoms with Gasteiger partial charge in [-0.1, -0.05) is 0 Å². The third-order valence-electron chi connectivity index (χ3n) is 1.60. The van der Waals surface area contributed by atoms with Crippen molar-refractivity contribution in [1.29, 1.82) is 0 Å². The normalized spacial score (nSPS) is 14.6. The van der Waals surface area contributed by atoms with E-state index in [0.717, 1.165) is 0 Å². The SMILES string of the molecule is O=C([O-])C(F)(F)C(F)(F)OC(F)(F)C(F)(F)C(F)(F)F.[K+]. The van der Waals surface area contributed by atoms with Crippen molar-refractivity contribution >= 4 is 5.97 Å². The molecule has 0 saturated heterocycles. The van der Waals surface area contributed by atoms with E-state index < -0.39 is 36.2 Å². The van der Waals surface area contributed by atoms with E-state index in [0.29, 0.717) is 0 Å². The molecule has 0 heterocycles. The molecule has 0 radical (unpaired) electrons. The van der Waals surface area contributed by atoms with Gasteiger partial charge in [-0.15, -0.1) is 0 Å². The Morgan fingerprint density at radius 2 is 1.10 bits per heavy atom. The van der Waals surface area contributed by atoms with Gasteiger partial charge in [0.05, 0.1) is 0 Å². The molecule has 0 aliphatic rings. The van der Waals surface area contributed by atoms with Crippen LogP contribution in [0.1, 0.15) is 0 Å². The van der Waals surface area contributed by atoms with Gasteiger partial charge in [0.2, 0.25) is 0 Å². The minimum atomic E-state index is -7.29. The van der Waals surface area contributed by atoms with E-state index in [-0.39, 0.29) is 51.4 Å². The Bertz CT molecular complexity index is 390. The number of aliphatic carboxylic acids is 1. The van der Waals surface area contributed by atoms with Gasteiger partial charge in [0.25, 0.3) is 0 Å². The molecular formula is C6F11KO3. The van der Waals surface area contributed by atoms with Gasteiger partial charge in [-0.25, -0.2) is 4.74 Å². The van der Waals surface area contributed by atoms with Crippen LogP contribution in [0.2, 0.25) is 0 Å². The topological polar surface area (TPSA) is 49.4 Å². The fraction of sp³-hybridized carbons (Fsp3) is 0.833. The maximum atomic E-state index is 12.3. The van der Waals surface area contributed by atoms with E-state index in [2.05, 4.69) is 0 Å². The zero-order chi connectivity index (χ0) is 16.8. The summed E-state index contributed by atoms with van der Waals surface area (Å²) in [5.74, 6) is -17.9. The van der Waals surface area contributed by atoms with E-state index >= 15 is 0 Å². The first-order chi connectivity index (χ1) is 8.40. The summed E-state index contributed by atoms with van der Waals surface area (Å²) in [6, 6.07) is 0. The first-order valence-electron chi connectivity index (χ1n) is 3.90. The molecule has 0 rings (SSSR count). The van der Waals surface area contributed by atoms with Crippen LogP contribution in [0, 0.1) is 0 Å². The molecule has 120 valence electrons. The van der Waals surface area contributed by atoms with Crippen LogP contribution in [0.15, 0.2) is 0 Å². The summed E-state index contributed by atoms with van der Waals surface area (Å²) in [6.45, 7) is 0. The zero-order valence-corrected chi connectivity index (χ0v) is 12.5. The smallest absolute Gasteiger partial charge is 0.544 e. The molecule has 0 bridgehead atoms. The maximum absolute atomic E-state index is 12.3. The molecule has 0 fully saturated rings. The van der Waals surface area contributed by atoms with Crippen LogP contribution in [0.3, 0.4) is 0 Å². The zero-order valence-electron chi connectivity index (χ0n) is 9.38. The van der Waals surface area contributed by atoms with Crippen molar-refractivity contribution in [2.24, 2.45) is 0 Å². The standard InChI is InChI=1S/C6HF11O3.K/c7-2(8,1(18)19)5(14,15)20-6(16,17)3(9,10)4(11,12)13;/h(H,18,19);/q;+1/p-1. The van der Waals surface area contributed by atoms with Gasteiger partial charge in [0.1, 0.15) is 5.97 Å². The molecule has 0 aromatic heterocycles. The van der Waals surface area contributed by atoms with Gasteiger partial charge in [-0.2, -0.15) is 48.3 Å². The van der Waals surface area contributed by atoms with E-state index in [1.165, 1.54) is 4.74 Å². The molecule has 0 unspecified atom stereocenters. The first kappa shape index (κ1) is 23.6. The third-order valence-corrected chi connectivity index (χ3v) is 1.60. The van der Waals surface area contributed by atoms with Crippen molar-refractivity contribution < 1.29 is 114 Å². The minimum Gasteiger partial charge on any atom is -0.544 e. The van der Waals surface area contributed by atoms with Gasteiger partial charge in [0.15, 0.2) is 0 Å². The van der Waals surface area contributed by atoms with Crippen LogP contribution < -0.4 is 56.5 Å². The molecule has 3 nitrogen and oxygen atoms in total. The fourth-order valence-corrected chi connectivity index (χ4v) is 0.573. The van der Waals surface area contributed by atoms with E-state index in [9.17, 15) is 58.2 Å². The van der Waals surface area contributed by atoms with Crippen molar-refractivity contribution in [2.75, 3.05) is 0 Å². The Balaban J connectivity index is 0. The summed E-state index contributed by atoms with van der Waals surface area (Å²) in [5, 5.41) is 9.52. The number of alkyl halides is 11. The summed E-state index contributed by atoms with van der Waals surface area (Å²) in [4.78, 5) is 9.52. The number of rotatable bonds is 5. The molecule has 0 aliphatic carbocycles. The molecule has 21 heavy (non-hydrogen) atoms. The molecule has 0 spiro atoms. The summed E-state index contributed by atoms with van der Waals surface area (Å²) in [7, 11) is 0. The van der Waals surface area contributed by atoms with Gasteiger partial charge in [-0.05, 0) is 0 Å². The predicted octanol–water partition coefficient (Wildman–Crippen LogP) is -1.22. The maximum Gasteiger partial charge on any atom is 1.00 e.